The minimum atomic E-state index is -0.0235. The zero-order valence-corrected chi connectivity index (χ0v) is 10.1. The van der Waals surface area contributed by atoms with E-state index in [1.807, 2.05) is 31.2 Å². The molecule has 0 saturated carbocycles. The maximum Gasteiger partial charge on any atom is 0.0750 e. The highest BCUT2D eigenvalue weighted by Crippen LogP contribution is 2.22. The van der Waals surface area contributed by atoms with E-state index < -0.39 is 0 Å². The molecule has 4 nitrogen and oxygen atoms in total. The third-order valence-corrected chi connectivity index (χ3v) is 3.01. The second-order valence-corrected chi connectivity index (χ2v) is 4.04. The van der Waals surface area contributed by atoms with Crippen molar-refractivity contribution in [1.29, 1.82) is 0 Å². The van der Waals surface area contributed by atoms with Gasteiger partial charge in [-0.05, 0) is 30.7 Å². The Hall–Kier alpha value is -1.49. The van der Waals surface area contributed by atoms with E-state index >= 15 is 0 Å². The molecule has 3 N–H and O–H groups in total. The second kappa shape index (κ2) is 5.23. The number of hydrogen-bond donors (Lipinski definition) is 2. The molecule has 0 aliphatic rings. The summed E-state index contributed by atoms with van der Waals surface area (Å²) in [6.45, 7) is 1.98. The van der Waals surface area contributed by atoms with Crippen LogP contribution in [0.25, 0.3) is 10.9 Å². The van der Waals surface area contributed by atoms with Gasteiger partial charge in [-0.1, -0.05) is 12.1 Å². The third kappa shape index (κ3) is 2.44. The first-order valence-electron chi connectivity index (χ1n) is 5.60. The Labute approximate surface area is 101 Å². The molecule has 0 spiro atoms. The van der Waals surface area contributed by atoms with Crippen LogP contribution in [0.2, 0.25) is 0 Å². The summed E-state index contributed by atoms with van der Waals surface area (Å²) < 4.78 is 5.31. The van der Waals surface area contributed by atoms with Gasteiger partial charge < -0.3 is 4.74 Å². The molecule has 0 aliphatic heterocycles. The van der Waals surface area contributed by atoms with E-state index in [9.17, 15) is 0 Å². The van der Waals surface area contributed by atoms with Gasteiger partial charge in [-0.3, -0.25) is 16.3 Å². The fraction of sp³-hybridized carbons (Fsp3) is 0.308. The quantitative estimate of drug-likeness (QED) is 0.622. The molecule has 0 saturated heterocycles. The number of nitrogens with one attached hydrogen (secondary N) is 1. The van der Waals surface area contributed by atoms with Gasteiger partial charge in [0.25, 0.3) is 0 Å². The van der Waals surface area contributed by atoms with Gasteiger partial charge in [0.1, 0.15) is 0 Å². The summed E-state index contributed by atoms with van der Waals surface area (Å²) in [5.41, 5.74) is 4.87. The standard InChI is InChI=1S/C13H17N3O/c1-9(17-2)13(16-14)11-5-6-12-10(8-11)4-3-7-15-12/h3-9,13,16H,14H2,1-2H3. The smallest absolute Gasteiger partial charge is 0.0750 e. The van der Waals surface area contributed by atoms with Crippen LogP contribution < -0.4 is 11.3 Å². The fourth-order valence-electron chi connectivity index (χ4n) is 1.93. The van der Waals surface area contributed by atoms with Crippen LogP contribution >= 0.6 is 0 Å². The maximum atomic E-state index is 5.58. The van der Waals surface area contributed by atoms with Crippen LogP contribution in [-0.2, 0) is 4.74 Å². The monoisotopic (exact) mass is 231 g/mol. The van der Waals surface area contributed by atoms with Crippen molar-refractivity contribution in [2.45, 2.75) is 19.1 Å². The van der Waals surface area contributed by atoms with Crippen LogP contribution in [0, 0.1) is 0 Å². The molecule has 90 valence electrons. The lowest BCUT2D eigenvalue weighted by Crippen LogP contribution is -2.36. The number of nitrogens with zero attached hydrogens (tertiary/aromatic N) is 1. The average molecular weight is 231 g/mol. The van der Waals surface area contributed by atoms with Crippen LogP contribution in [0.1, 0.15) is 18.5 Å². The van der Waals surface area contributed by atoms with E-state index in [0.717, 1.165) is 16.5 Å². The third-order valence-electron chi connectivity index (χ3n) is 3.01. The van der Waals surface area contributed by atoms with Gasteiger partial charge in [0, 0.05) is 18.7 Å². The molecular formula is C13H17N3O. The van der Waals surface area contributed by atoms with Gasteiger partial charge in [-0.15, -0.1) is 0 Å². The SMILES string of the molecule is COC(C)C(NN)c1ccc2ncccc2c1. The molecule has 1 aromatic heterocycles. The Balaban J connectivity index is 2.40. The minimum Gasteiger partial charge on any atom is -0.380 e. The Morgan fingerprint density at radius 2 is 2.18 bits per heavy atom. The van der Waals surface area contributed by atoms with Gasteiger partial charge in [0.05, 0.1) is 17.7 Å². The second-order valence-electron chi connectivity index (χ2n) is 4.04. The van der Waals surface area contributed by atoms with E-state index in [1.165, 1.54) is 0 Å². The summed E-state index contributed by atoms with van der Waals surface area (Å²) in [6, 6.07) is 10.0. The first kappa shape index (κ1) is 12.0. The van der Waals surface area contributed by atoms with Gasteiger partial charge in [0.15, 0.2) is 0 Å². The van der Waals surface area contributed by atoms with Gasteiger partial charge in [-0.2, -0.15) is 0 Å². The van der Waals surface area contributed by atoms with Crippen molar-refractivity contribution in [2.24, 2.45) is 5.84 Å². The molecule has 0 amide bonds. The lowest BCUT2D eigenvalue weighted by Gasteiger charge is -2.22. The number of pyridine rings is 1. The van der Waals surface area contributed by atoms with E-state index in [0.29, 0.717) is 0 Å². The van der Waals surface area contributed by atoms with Gasteiger partial charge >= 0.3 is 0 Å². The molecule has 17 heavy (non-hydrogen) atoms. The maximum absolute atomic E-state index is 5.58. The Kier molecular flexibility index (Phi) is 3.68. The number of aromatic nitrogens is 1. The van der Waals surface area contributed by atoms with Crippen molar-refractivity contribution in [3.05, 3.63) is 42.1 Å². The zero-order chi connectivity index (χ0) is 12.3. The Morgan fingerprint density at radius 3 is 2.88 bits per heavy atom. The normalized spacial score (nSPS) is 14.8. The molecule has 0 radical (unpaired) electrons. The highest BCUT2D eigenvalue weighted by atomic mass is 16.5. The summed E-state index contributed by atoms with van der Waals surface area (Å²) in [4.78, 5) is 4.29. The first-order valence-corrected chi connectivity index (χ1v) is 5.60. The topological polar surface area (TPSA) is 60.2 Å². The van der Waals surface area contributed by atoms with Crippen LogP contribution in [0.4, 0.5) is 0 Å². The van der Waals surface area contributed by atoms with Crippen molar-refractivity contribution < 1.29 is 4.74 Å². The zero-order valence-electron chi connectivity index (χ0n) is 10.1. The highest BCUT2D eigenvalue weighted by molar-refractivity contribution is 5.79. The van der Waals surface area contributed by atoms with Crippen molar-refractivity contribution in [1.82, 2.24) is 10.4 Å². The van der Waals surface area contributed by atoms with Crippen molar-refractivity contribution >= 4 is 10.9 Å². The van der Waals surface area contributed by atoms with Gasteiger partial charge in [0.2, 0.25) is 0 Å². The molecule has 2 rings (SSSR count). The molecule has 0 bridgehead atoms. The fourth-order valence-corrected chi connectivity index (χ4v) is 1.93. The van der Waals surface area contributed by atoms with Crippen LogP contribution in [0.15, 0.2) is 36.5 Å². The molecule has 2 aromatic rings. The van der Waals surface area contributed by atoms with Crippen molar-refractivity contribution in [3.63, 3.8) is 0 Å². The average Bonchev–Trinajstić information content (AvgIpc) is 2.39. The van der Waals surface area contributed by atoms with Crippen molar-refractivity contribution in [3.8, 4) is 0 Å². The first-order chi connectivity index (χ1) is 8.26. The number of hydrazine groups is 1. The van der Waals surface area contributed by atoms with E-state index in [-0.39, 0.29) is 12.1 Å². The molecule has 1 aromatic carbocycles. The summed E-state index contributed by atoms with van der Waals surface area (Å²) >= 11 is 0. The molecule has 4 heteroatoms. The minimum absolute atomic E-state index is 0.00845. The number of ether oxygens (including phenoxy) is 1. The Morgan fingerprint density at radius 1 is 1.35 bits per heavy atom. The van der Waals surface area contributed by atoms with Crippen LogP contribution in [0.3, 0.4) is 0 Å². The molecular weight excluding hydrogens is 214 g/mol. The molecule has 2 unspecified atom stereocenters. The van der Waals surface area contributed by atoms with E-state index in [2.05, 4.69) is 16.5 Å². The van der Waals surface area contributed by atoms with Crippen LogP contribution in [-0.4, -0.2) is 18.2 Å². The summed E-state index contributed by atoms with van der Waals surface area (Å²) in [5.74, 6) is 5.58. The number of fused-ring (bicyclic) bond motifs is 1. The predicted molar refractivity (Wildman–Crippen MR) is 68.3 cm³/mol. The number of hydrogen-bond acceptors (Lipinski definition) is 4. The van der Waals surface area contributed by atoms with Crippen molar-refractivity contribution in [2.75, 3.05) is 7.11 Å². The Bertz CT molecular complexity index is 501. The summed E-state index contributed by atoms with van der Waals surface area (Å²) in [5, 5.41) is 1.11. The number of benzene rings is 1. The summed E-state index contributed by atoms with van der Waals surface area (Å²) in [6.07, 6.45) is 1.80. The highest BCUT2D eigenvalue weighted by Gasteiger charge is 2.17. The molecule has 0 fully saturated rings. The molecule has 0 aliphatic carbocycles. The summed E-state index contributed by atoms with van der Waals surface area (Å²) in [7, 11) is 1.68. The lowest BCUT2D eigenvalue weighted by atomic mass is 10.0. The van der Waals surface area contributed by atoms with E-state index in [4.69, 9.17) is 10.6 Å². The van der Waals surface area contributed by atoms with Crippen LogP contribution in [0.5, 0.6) is 0 Å². The number of methoxy groups -OCH3 is 1. The van der Waals surface area contributed by atoms with E-state index in [1.54, 1.807) is 13.3 Å². The number of rotatable bonds is 4. The number of nitrogens with two attached hydrogens (primary N) is 1. The lowest BCUT2D eigenvalue weighted by molar-refractivity contribution is 0.0831. The van der Waals surface area contributed by atoms with Gasteiger partial charge in [-0.25, -0.2) is 0 Å². The molecule has 2 atom stereocenters. The predicted octanol–water partition coefficient (Wildman–Crippen LogP) is 1.77. The molecule has 1 heterocycles. The largest absolute Gasteiger partial charge is 0.380 e.